The Morgan fingerprint density at radius 3 is 2.50 bits per heavy atom. The lowest BCUT2D eigenvalue weighted by atomic mass is 10.1. The molecule has 0 spiro atoms. The predicted octanol–water partition coefficient (Wildman–Crippen LogP) is 0.700. The maximum Gasteiger partial charge on any atom is 0.337 e. The van der Waals surface area contributed by atoms with E-state index in [0.717, 1.165) is 25.7 Å². The number of carbonyl (C=O) groups is 2. The minimum atomic E-state index is -1.93. The number of carboxylic acid groups (broad SMARTS) is 1. The highest BCUT2D eigenvalue weighted by molar-refractivity contribution is 5.79. The smallest absolute Gasteiger partial charge is 0.337 e. The Labute approximate surface area is 107 Å². The average Bonchev–Trinajstić information content (AvgIpc) is 3.09. The SMILES string of the molecule is CCC(CC1CC1)NC(=O)NCC(C)(O)C(=O)O. The van der Waals surface area contributed by atoms with E-state index in [1.54, 1.807) is 0 Å². The van der Waals surface area contributed by atoms with Crippen molar-refractivity contribution in [3.05, 3.63) is 0 Å². The number of hydrogen-bond donors (Lipinski definition) is 4. The highest BCUT2D eigenvalue weighted by Gasteiger charge is 2.31. The van der Waals surface area contributed by atoms with Gasteiger partial charge in [-0.1, -0.05) is 19.8 Å². The third-order valence-corrected chi connectivity index (χ3v) is 3.20. The van der Waals surface area contributed by atoms with Crippen LogP contribution >= 0.6 is 0 Å². The van der Waals surface area contributed by atoms with Crippen LogP contribution in [0.15, 0.2) is 0 Å². The van der Waals surface area contributed by atoms with Gasteiger partial charge in [-0.05, 0) is 25.7 Å². The largest absolute Gasteiger partial charge is 0.479 e. The Morgan fingerprint density at radius 1 is 1.44 bits per heavy atom. The molecule has 0 aliphatic heterocycles. The van der Waals surface area contributed by atoms with Crippen LogP contribution in [-0.2, 0) is 4.79 Å². The zero-order valence-electron chi connectivity index (χ0n) is 10.9. The van der Waals surface area contributed by atoms with Gasteiger partial charge in [0.15, 0.2) is 5.60 Å². The topological polar surface area (TPSA) is 98.7 Å². The van der Waals surface area contributed by atoms with Crippen LogP contribution in [0.2, 0.25) is 0 Å². The summed E-state index contributed by atoms with van der Waals surface area (Å²) in [7, 11) is 0. The van der Waals surface area contributed by atoms with Gasteiger partial charge in [0.25, 0.3) is 0 Å². The molecule has 1 aliphatic carbocycles. The van der Waals surface area contributed by atoms with Crippen LogP contribution in [0.25, 0.3) is 0 Å². The third kappa shape index (κ3) is 4.91. The summed E-state index contributed by atoms with van der Waals surface area (Å²) in [5.41, 5.74) is -1.93. The summed E-state index contributed by atoms with van der Waals surface area (Å²) in [6, 6.07) is -0.309. The minimum Gasteiger partial charge on any atom is -0.479 e. The molecule has 2 unspecified atom stereocenters. The fraction of sp³-hybridized carbons (Fsp3) is 0.833. The standard InChI is InChI=1S/C12H22N2O4/c1-3-9(6-8-4-5-8)14-11(17)13-7-12(2,18)10(15)16/h8-9,18H,3-7H2,1-2H3,(H,15,16)(H2,13,14,17). The van der Waals surface area contributed by atoms with Crippen molar-refractivity contribution in [1.29, 1.82) is 0 Å². The first kappa shape index (κ1) is 14.8. The third-order valence-electron chi connectivity index (χ3n) is 3.20. The van der Waals surface area contributed by atoms with Crippen LogP contribution in [0.4, 0.5) is 4.79 Å². The summed E-state index contributed by atoms with van der Waals surface area (Å²) in [5, 5.41) is 23.3. The van der Waals surface area contributed by atoms with Crippen LogP contribution < -0.4 is 10.6 Å². The van der Waals surface area contributed by atoms with Crippen molar-refractivity contribution in [2.75, 3.05) is 6.54 Å². The summed E-state index contributed by atoms with van der Waals surface area (Å²) >= 11 is 0. The predicted molar refractivity (Wildman–Crippen MR) is 66.2 cm³/mol. The van der Waals surface area contributed by atoms with Crippen molar-refractivity contribution in [2.24, 2.45) is 5.92 Å². The van der Waals surface area contributed by atoms with Gasteiger partial charge in [-0.2, -0.15) is 0 Å². The molecule has 6 heteroatoms. The van der Waals surface area contributed by atoms with Crippen molar-refractivity contribution in [1.82, 2.24) is 10.6 Å². The second-order valence-corrected chi connectivity index (χ2v) is 5.19. The molecule has 104 valence electrons. The van der Waals surface area contributed by atoms with Crippen LogP contribution in [0.5, 0.6) is 0 Å². The summed E-state index contributed by atoms with van der Waals surface area (Å²) in [5.74, 6) is -0.634. The molecule has 0 aromatic rings. The quantitative estimate of drug-likeness (QED) is 0.540. The molecule has 1 fully saturated rings. The van der Waals surface area contributed by atoms with E-state index in [4.69, 9.17) is 5.11 Å². The van der Waals surface area contributed by atoms with Crippen molar-refractivity contribution < 1.29 is 19.8 Å². The molecule has 6 nitrogen and oxygen atoms in total. The second-order valence-electron chi connectivity index (χ2n) is 5.19. The zero-order chi connectivity index (χ0) is 13.8. The van der Waals surface area contributed by atoms with Crippen molar-refractivity contribution >= 4 is 12.0 Å². The van der Waals surface area contributed by atoms with Gasteiger partial charge < -0.3 is 20.8 Å². The normalized spacial score (nSPS) is 19.7. The zero-order valence-corrected chi connectivity index (χ0v) is 10.9. The molecule has 2 atom stereocenters. The molecule has 1 aliphatic rings. The van der Waals surface area contributed by atoms with Gasteiger partial charge in [-0.15, -0.1) is 0 Å². The van der Waals surface area contributed by atoms with Crippen LogP contribution in [0, 0.1) is 5.92 Å². The number of urea groups is 1. The number of nitrogens with one attached hydrogen (secondary N) is 2. The number of rotatable bonds is 7. The molecule has 18 heavy (non-hydrogen) atoms. The van der Waals surface area contributed by atoms with E-state index < -0.39 is 17.6 Å². The molecule has 0 aromatic heterocycles. The number of carboxylic acids is 1. The lowest BCUT2D eigenvalue weighted by Gasteiger charge is -2.21. The molecule has 0 aromatic carbocycles. The summed E-state index contributed by atoms with van der Waals surface area (Å²) in [6.45, 7) is 2.84. The highest BCUT2D eigenvalue weighted by atomic mass is 16.4. The molecule has 2 amide bonds. The van der Waals surface area contributed by atoms with E-state index in [-0.39, 0.29) is 12.6 Å². The lowest BCUT2D eigenvalue weighted by molar-refractivity contribution is -0.155. The van der Waals surface area contributed by atoms with Gasteiger partial charge in [0.1, 0.15) is 0 Å². The van der Waals surface area contributed by atoms with E-state index >= 15 is 0 Å². The maximum atomic E-state index is 11.6. The van der Waals surface area contributed by atoms with E-state index in [9.17, 15) is 14.7 Å². The highest BCUT2D eigenvalue weighted by Crippen LogP contribution is 2.33. The van der Waals surface area contributed by atoms with Gasteiger partial charge in [0, 0.05) is 6.04 Å². The molecule has 1 saturated carbocycles. The number of amides is 2. The van der Waals surface area contributed by atoms with Crippen LogP contribution in [0.1, 0.15) is 39.5 Å². The van der Waals surface area contributed by atoms with Crippen molar-refractivity contribution in [2.45, 2.75) is 51.2 Å². The van der Waals surface area contributed by atoms with Gasteiger partial charge >= 0.3 is 12.0 Å². The van der Waals surface area contributed by atoms with E-state index in [1.165, 1.54) is 12.8 Å². The number of hydrogen-bond acceptors (Lipinski definition) is 3. The molecule has 1 rings (SSSR count). The number of aliphatic carboxylic acids is 1. The fourth-order valence-electron chi connectivity index (χ4n) is 1.65. The molecular weight excluding hydrogens is 236 g/mol. The molecule has 0 bridgehead atoms. The van der Waals surface area contributed by atoms with Gasteiger partial charge in [0.2, 0.25) is 0 Å². The Kier molecular flexibility index (Phi) is 4.95. The molecule has 0 radical (unpaired) electrons. The van der Waals surface area contributed by atoms with E-state index in [1.807, 2.05) is 6.92 Å². The average molecular weight is 258 g/mol. The summed E-state index contributed by atoms with van der Waals surface area (Å²) < 4.78 is 0. The molecule has 4 N–H and O–H groups in total. The van der Waals surface area contributed by atoms with Crippen molar-refractivity contribution in [3.63, 3.8) is 0 Å². The van der Waals surface area contributed by atoms with Crippen LogP contribution in [0.3, 0.4) is 0 Å². The van der Waals surface area contributed by atoms with E-state index in [2.05, 4.69) is 10.6 Å². The van der Waals surface area contributed by atoms with E-state index in [0.29, 0.717) is 0 Å². The maximum absolute atomic E-state index is 11.6. The van der Waals surface area contributed by atoms with Gasteiger partial charge in [-0.3, -0.25) is 0 Å². The number of aliphatic hydroxyl groups is 1. The Balaban J connectivity index is 2.29. The first-order valence-electron chi connectivity index (χ1n) is 6.35. The lowest BCUT2D eigenvalue weighted by Crippen LogP contribution is -2.50. The first-order valence-corrected chi connectivity index (χ1v) is 6.35. The summed E-state index contributed by atoms with van der Waals surface area (Å²) in [6.07, 6.45) is 4.28. The minimum absolute atomic E-state index is 0.118. The van der Waals surface area contributed by atoms with Crippen LogP contribution in [-0.4, -0.2) is 40.4 Å². The summed E-state index contributed by atoms with van der Waals surface area (Å²) in [4.78, 5) is 22.2. The van der Waals surface area contributed by atoms with Crippen molar-refractivity contribution in [3.8, 4) is 0 Å². The van der Waals surface area contributed by atoms with Gasteiger partial charge in [0.05, 0.1) is 6.54 Å². The first-order chi connectivity index (χ1) is 8.35. The molecule has 0 saturated heterocycles. The molecule has 0 heterocycles. The second kappa shape index (κ2) is 6.04. The monoisotopic (exact) mass is 258 g/mol. The Morgan fingerprint density at radius 2 is 2.06 bits per heavy atom. The van der Waals surface area contributed by atoms with Gasteiger partial charge in [-0.25, -0.2) is 9.59 Å². The Bertz CT molecular complexity index is 313. The fourth-order valence-corrected chi connectivity index (χ4v) is 1.65. The number of carbonyl (C=O) groups excluding carboxylic acids is 1. The Hall–Kier alpha value is -1.30. The molecular formula is C12H22N2O4.